The first-order chi connectivity index (χ1) is 13.6. The second-order valence-electron chi connectivity index (χ2n) is 7.67. The SMILES string of the molecule is CCN1CCN(C(C)CNC(=NC)N2CCN(c3ccccc3Cl)CC2)CC1. The Balaban J connectivity index is 1.45. The van der Waals surface area contributed by atoms with Crippen LogP contribution in [0.2, 0.25) is 5.02 Å². The molecule has 1 aromatic rings. The van der Waals surface area contributed by atoms with Gasteiger partial charge in [-0.15, -0.1) is 0 Å². The molecule has 0 aromatic heterocycles. The molecule has 2 saturated heterocycles. The molecule has 2 fully saturated rings. The highest BCUT2D eigenvalue weighted by molar-refractivity contribution is 6.33. The van der Waals surface area contributed by atoms with Crippen molar-refractivity contribution in [1.29, 1.82) is 0 Å². The molecule has 0 radical (unpaired) electrons. The highest BCUT2D eigenvalue weighted by Gasteiger charge is 2.23. The van der Waals surface area contributed by atoms with E-state index in [2.05, 4.69) is 55.9 Å². The summed E-state index contributed by atoms with van der Waals surface area (Å²) in [5.41, 5.74) is 1.13. The molecule has 156 valence electrons. The monoisotopic (exact) mass is 406 g/mol. The Labute approximate surface area is 175 Å². The molecule has 0 amide bonds. The number of hydrogen-bond acceptors (Lipinski definition) is 4. The van der Waals surface area contributed by atoms with Crippen molar-refractivity contribution in [2.75, 3.05) is 77.4 Å². The second-order valence-corrected chi connectivity index (χ2v) is 8.08. The summed E-state index contributed by atoms with van der Waals surface area (Å²) < 4.78 is 0. The van der Waals surface area contributed by atoms with Crippen molar-refractivity contribution in [3.05, 3.63) is 29.3 Å². The van der Waals surface area contributed by atoms with Crippen molar-refractivity contribution in [1.82, 2.24) is 20.0 Å². The Morgan fingerprint density at radius 2 is 1.75 bits per heavy atom. The molecule has 1 unspecified atom stereocenters. The maximum atomic E-state index is 6.36. The lowest BCUT2D eigenvalue weighted by atomic mass is 10.2. The van der Waals surface area contributed by atoms with Crippen LogP contribution in [0.25, 0.3) is 0 Å². The Morgan fingerprint density at radius 3 is 2.36 bits per heavy atom. The van der Waals surface area contributed by atoms with E-state index >= 15 is 0 Å². The predicted octanol–water partition coefficient (Wildman–Crippen LogP) is 2.06. The van der Waals surface area contributed by atoms with Gasteiger partial charge in [-0.25, -0.2) is 0 Å². The van der Waals surface area contributed by atoms with Gasteiger partial charge in [-0.1, -0.05) is 30.7 Å². The van der Waals surface area contributed by atoms with E-state index in [1.165, 1.54) is 13.1 Å². The van der Waals surface area contributed by atoms with Crippen LogP contribution in [0.4, 0.5) is 5.69 Å². The molecule has 2 aliphatic rings. The van der Waals surface area contributed by atoms with E-state index in [0.29, 0.717) is 6.04 Å². The van der Waals surface area contributed by atoms with E-state index in [1.54, 1.807) is 0 Å². The van der Waals surface area contributed by atoms with E-state index < -0.39 is 0 Å². The number of piperazine rings is 2. The van der Waals surface area contributed by atoms with E-state index in [1.807, 2.05) is 19.2 Å². The van der Waals surface area contributed by atoms with Crippen LogP contribution in [0.3, 0.4) is 0 Å². The third kappa shape index (κ3) is 5.31. The van der Waals surface area contributed by atoms with Crippen molar-refractivity contribution < 1.29 is 0 Å². The van der Waals surface area contributed by atoms with Crippen LogP contribution in [-0.2, 0) is 0 Å². The third-order valence-corrected chi connectivity index (χ3v) is 6.34. The Kier molecular flexibility index (Phi) is 7.82. The molecule has 1 N–H and O–H groups in total. The topological polar surface area (TPSA) is 37.4 Å². The lowest BCUT2D eigenvalue weighted by molar-refractivity contribution is 0.107. The zero-order chi connectivity index (χ0) is 19.9. The molecule has 2 aliphatic heterocycles. The number of anilines is 1. The number of likely N-dealkylation sites (N-methyl/N-ethyl adjacent to an activating group) is 1. The van der Waals surface area contributed by atoms with Gasteiger partial charge in [0.2, 0.25) is 0 Å². The van der Waals surface area contributed by atoms with Crippen molar-refractivity contribution in [2.45, 2.75) is 19.9 Å². The van der Waals surface area contributed by atoms with Gasteiger partial charge in [-0.05, 0) is 25.6 Å². The average molecular weight is 407 g/mol. The molecular formula is C21H35ClN6. The summed E-state index contributed by atoms with van der Waals surface area (Å²) in [6, 6.07) is 8.61. The zero-order valence-corrected chi connectivity index (χ0v) is 18.3. The molecule has 0 spiro atoms. The van der Waals surface area contributed by atoms with Crippen LogP contribution in [0.5, 0.6) is 0 Å². The number of para-hydroxylation sites is 1. The summed E-state index contributed by atoms with van der Waals surface area (Å²) >= 11 is 6.36. The summed E-state index contributed by atoms with van der Waals surface area (Å²) in [5.74, 6) is 1.01. The van der Waals surface area contributed by atoms with Gasteiger partial charge in [-0.3, -0.25) is 9.89 Å². The Hall–Kier alpha value is -1.50. The van der Waals surface area contributed by atoms with E-state index in [-0.39, 0.29) is 0 Å². The molecule has 1 aromatic carbocycles. The normalized spacial score (nSPS) is 21.1. The molecule has 0 aliphatic carbocycles. The van der Waals surface area contributed by atoms with Crippen molar-refractivity contribution in [3.63, 3.8) is 0 Å². The smallest absolute Gasteiger partial charge is 0.193 e. The van der Waals surface area contributed by atoms with Gasteiger partial charge < -0.3 is 20.0 Å². The first-order valence-electron chi connectivity index (χ1n) is 10.5. The molecule has 6 nitrogen and oxygen atoms in total. The van der Waals surface area contributed by atoms with Crippen LogP contribution in [0.1, 0.15) is 13.8 Å². The number of rotatable bonds is 5. The van der Waals surface area contributed by atoms with Crippen molar-refractivity contribution in [3.8, 4) is 0 Å². The number of nitrogens with zero attached hydrogens (tertiary/aromatic N) is 5. The highest BCUT2D eigenvalue weighted by Crippen LogP contribution is 2.26. The van der Waals surface area contributed by atoms with Crippen LogP contribution in [-0.4, -0.2) is 99.2 Å². The molecule has 7 heteroatoms. The number of aliphatic imine (C=N–C) groups is 1. The summed E-state index contributed by atoms with van der Waals surface area (Å²) in [5, 5.41) is 4.43. The molecule has 0 saturated carbocycles. The lowest BCUT2D eigenvalue weighted by Gasteiger charge is -2.40. The fraction of sp³-hybridized carbons (Fsp3) is 0.667. The number of guanidine groups is 1. The minimum Gasteiger partial charge on any atom is -0.367 e. The molecule has 1 atom stereocenters. The lowest BCUT2D eigenvalue weighted by Crippen LogP contribution is -2.56. The van der Waals surface area contributed by atoms with Gasteiger partial charge >= 0.3 is 0 Å². The van der Waals surface area contributed by atoms with Gasteiger partial charge in [0, 0.05) is 72.0 Å². The van der Waals surface area contributed by atoms with Gasteiger partial charge in [0.1, 0.15) is 0 Å². The van der Waals surface area contributed by atoms with Crippen LogP contribution in [0.15, 0.2) is 29.3 Å². The second kappa shape index (κ2) is 10.3. The number of halogens is 1. The van der Waals surface area contributed by atoms with Crippen molar-refractivity contribution in [2.24, 2.45) is 4.99 Å². The standard InChI is InChI=1S/C21H35ClN6/c1-4-25-9-11-26(12-10-25)18(2)17-24-21(23-3)28-15-13-27(14-16-28)20-8-6-5-7-19(20)22/h5-8,18H,4,9-17H2,1-3H3,(H,23,24). The highest BCUT2D eigenvalue weighted by atomic mass is 35.5. The third-order valence-electron chi connectivity index (χ3n) is 6.02. The van der Waals surface area contributed by atoms with Gasteiger partial charge in [-0.2, -0.15) is 0 Å². The first-order valence-corrected chi connectivity index (χ1v) is 10.9. The minimum absolute atomic E-state index is 0.514. The maximum absolute atomic E-state index is 6.36. The quantitative estimate of drug-likeness (QED) is 0.598. The Morgan fingerprint density at radius 1 is 1.07 bits per heavy atom. The van der Waals surface area contributed by atoms with Gasteiger partial charge in [0.05, 0.1) is 10.7 Å². The molecule has 3 rings (SSSR count). The fourth-order valence-electron chi connectivity index (χ4n) is 4.09. The van der Waals surface area contributed by atoms with E-state index in [4.69, 9.17) is 11.6 Å². The Bertz CT molecular complexity index is 636. The first kappa shape index (κ1) is 21.2. The number of hydrogen-bond donors (Lipinski definition) is 1. The summed E-state index contributed by atoms with van der Waals surface area (Å²) in [7, 11) is 1.88. The van der Waals surface area contributed by atoms with Gasteiger partial charge in [0.25, 0.3) is 0 Å². The van der Waals surface area contributed by atoms with Crippen molar-refractivity contribution >= 4 is 23.2 Å². The molecule has 0 bridgehead atoms. The maximum Gasteiger partial charge on any atom is 0.193 e. The minimum atomic E-state index is 0.514. The van der Waals surface area contributed by atoms with Crippen LogP contribution < -0.4 is 10.2 Å². The van der Waals surface area contributed by atoms with Crippen LogP contribution in [0, 0.1) is 0 Å². The van der Waals surface area contributed by atoms with Crippen LogP contribution >= 0.6 is 11.6 Å². The number of benzene rings is 1. The molecule has 2 heterocycles. The summed E-state index contributed by atoms with van der Waals surface area (Å²) in [6.07, 6.45) is 0. The summed E-state index contributed by atoms with van der Waals surface area (Å²) in [6.45, 7) is 15.2. The molecular weight excluding hydrogens is 372 g/mol. The largest absolute Gasteiger partial charge is 0.367 e. The predicted molar refractivity (Wildman–Crippen MR) is 120 cm³/mol. The van der Waals surface area contributed by atoms with E-state index in [9.17, 15) is 0 Å². The van der Waals surface area contributed by atoms with E-state index in [0.717, 1.165) is 69.0 Å². The summed E-state index contributed by atoms with van der Waals surface area (Å²) in [4.78, 5) is 14.4. The zero-order valence-electron chi connectivity index (χ0n) is 17.6. The fourth-order valence-corrected chi connectivity index (χ4v) is 4.34. The molecule has 28 heavy (non-hydrogen) atoms. The number of nitrogens with one attached hydrogen (secondary N) is 1. The van der Waals surface area contributed by atoms with Gasteiger partial charge in [0.15, 0.2) is 5.96 Å². The average Bonchev–Trinajstić information content (AvgIpc) is 2.75.